The van der Waals surface area contributed by atoms with Crippen LogP contribution in [0.25, 0.3) is 0 Å². The van der Waals surface area contributed by atoms with Crippen molar-refractivity contribution in [3.05, 3.63) is 18.3 Å². The summed E-state index contributed by atoms with van der Waals surface area (Å²) in [5.41, 5.74) is 2.32. The second kappa shape index (κ2) is 5.83. The molecule has 2 heterocycles. The number of nitrogens with zero attached hydrogens (tertiary/aromatic N) is 2. The number of rotatable bonds is 4. The maximum absolute atomic E-state index is 12.5. The van der Waals surface area contributed by atoms with Crippen LogP contribution >= 0.6 is 0 Å². The Bertz CT molecular complexity index is 534. The lowest BCUT2D eigenvalue weighted by Gasteiger charge is -2.33. The summed E-state index contributed by atoms with van der Waals surface area (Å²) in [7, 11) is -3.62. The fourth-order valence-corrected chi connectivity index (χ4v) is 3.96. The molecule has 19 heavy (non-hydrogen) atoms. The second-order valence-corrected chi connectivity index (χ2v) is 6.36. The molecule has 2 rings (SSSR count). The molecule has 1 aliphatic rings. The lowest BCUT2D eigenvalue weighted by Crippen LogP contribution is -2.45. The normalized spacial score (nSPS) is 21.3. The topological polar surface area (TPSA) is 109 Å². The first-order chi connectivity index (χ1) is 9.09. The van der Waals surface area contributed by atoms with Crippen LogP contribution in [0.15, 0.2) is 23.2 Å². The van der Waals surface area contributed by atoms with E-state index in [0.717, 1.165) is 12.8 Å². The fourth-order valence-electron chi connectivity index (χ4n) is 2.26. The first-order valence-electron chi connectivity index (χ1n) is 6.15. The number of nitrogen functional groups attached to an aromatic ring is 1. The van der Waals surface area contributed by atoms with Crippen LogP contribution in [0.5, 0.6) is 0 Å². The van der Waals surface area contributed by atoms with E-state index in [1.54, 1.807) is 0 Å². The molecule has 106 valence electrons. The van der Waals surface area contributed by atoms with E-state index in [2.05, 4.69) is 10.4 Å². The van der Waals surface area contributed by atoms with Gasteiger partial charge >= 0.3 is 0 Å². The van der Waals surface area contributed by atoms with E-state index in [0.29, 0.717) is 18.8 Å². The molecule has 1 aromatic rings. The first kappa shape index (κ1) is 14.2. The number of nitrogens with one attached hydrogen (secondary N) is 1. The van der Waals surface area contributed by atoms with Crippen molar-refractivity contribution in [1.29, 1.82) is 0 Å². The number of hydrogen-bond donors (Lipinski definition) is 3. The smallest absolute Gasteiger partial charge is 0.243 e. The monoisotopic (exact) mass is 286 g/mol. The van der Waals surface area contributed by atoms with Crippen LogP contribution in [0.3, 0.4) is 0 Å². The van der Waals surface area contributed by atoms with Crippen molar-refractivity contribution in [2.24, 2.45) is 5.84 Å². The number of nitrogens with two attached hydrogens (primary N) is 1. The Morgan fingerprint density at radius 1 is 1.53 bits per heavy atom. The first-order valence-corrected chi connectivity index (χ1v) is 7.59. The maximum atomic E-state index is 12.5. The molecule has 1 aromatic heterocycles. The Hall–Kier alpha value is -1.22. The molecule has 7 nitrogen and oxygen atoms in total. The van der Waals surface area contributed by atoms with E-state index in [1.807, 2.05) is 0 Å². The van der Waals surface area contributed by atoms with Gasteiger partial charge in [-0.15, -0.1) is 0 Å². The van der Waals surface area contributed by atoms with Crippen molar-refractivity contribution < 1.29 is 13.5 Å². The molecule has 4 N–H and O–H groups in total. The van der Waals surface area contributed by atoms with Gasteiger partial charge in [0.05, 0.1) is 11.5 Å². The van der Waals surface area contributed by atoms with Crippen LogP contribution in [-0.2, 0) is 10.0 Å². The third kappa shape index (κ3) is 2.86. The van der Waals surface area contributed by atoms with Gasteiger partial charge in [-0.3, -0.25) is 0 Å². The van der Waals surface area contributed by atoms with Crippen molar-refractivity contribution in [2.45, 2.75) is 30.2 Å². The summed E-state index contributed by atoms with van der Waals surface area (Å²) in [6.07, 6.45) is 3.81. The highest BCUT2D eigenvalue weighted by molar-refractivity contribution is 7.89. The van der Waals surface area contributed by atoms with Gasteiger partial charge in [0.2, 0.25) is 10.0 Å². The molecular formula is C11H18N4O3S. The molecule has 0 spiro atoms. The molecule has 1 fully saturated rings. The van der Waals surface area contributed by atoms with E-state index >= 15 is 0 Å². The zero-order valence-electron chi connectivity index (χ0n) is 10.5. The maximum Gasteiger partial charge on any atom is 0.243 e. The molecule has 1 unspecified atom stereocenters. The molecular weight excluding hydrogens is 268 g/mol. The number of aromatic nitrogens is 1. The van der Waals surface area contributed by atoms with Gasteiger partial charge in [-0.2, -0.15) is 4.31 Å². The summed E-state index contributed by atoms with van der Waals surface area (Å²) in [5, 5.41) is 9.32. The molecule has 0 aromatic carbocycles. The number of aliphatic hydroxyl groups is 1. The van der Waals surface area contributed by atoms with Gasteiger partial charge in [0, 0.05) is 24.8 Å². The van der Waals surface area contributed by atoms with E-state index in [1.165, 1.54) is 22.6 Å². The lowest BCUT2D eigenvalue weighted by atomic mass is 10.1. The number of sulfonamides is 1. The largest absolute Gasteiger partial charge is 0.395 e. The zero-order valence-corrected chi connectivity index (χ0v) is 11.3. The Kier molecular flexibility index (Phi) is 4.35. The molecule has 0 amide bonds. The molecule has 1 atom stereocenters. The number of hydrazine groups is 1. The van der Waals surface area contributed by atoms with Gasteiger partial charge in [0.1, 0.15) is 5.82 Å². The highest BCUT2D eigenvalue weighted by atomic mass is 32.2. The number of piperidine rings is 1. The zero-order chi connectivity index (χ0) is 13.9. The number of hydrogen-bond acceptors (Lipinski definition) is 6. The third-order valence-electron chi connectivity index (χ3n) is 3.27. The van der Waals surface area contributed by atoms with Gasteiger partial charge < -0.3 is 10.5 Å². The summed E-state index contributed by atoms with van der Waals surface area (Å²) < 4.78 is 26.5. The highest BCUT2D eigenvalue weighted by Gasteiger charge is 2.33. The summed E-state index contributed by atoms with van der Waals surface area (Å²) in [4.78, 5) is 4.02. The number of pyridine rings is 1. The van der Waals surface area contributed by atoms with Gasteiger partial charge in [0.25, 0.3) is 0 Å². The van der Waals surface area contributed by atoms with E-state index in [4.69, 9.17) is 5.84 Å². The Labute approximate surface area is 112 Å². The van der Waals surface area contributed by atoms with Crippen LogP contribution in [0.2, 0.25) is 0 Å². The van der Waals surface area contributed by atoms with E-state index < -0.39 is 10.0 Å². The van der Waals surface area contributed by atoms with Crippen molar-refractivity contribution in [1.82, 2.24) is 9.29 Å². The highest BCUT2D eigenvalue weighted by Crippen LogP contribution is 2.25. The van der Waals surface area contributed by atoms with Crippen molar-refractivity contribution in [3.8, 4) is 0 Å². The quantitative estimate of drug-likeness (QED) is 0.527. The van der Waals surface area contributed by atoms with Crippen LogP contribution in [0.1, 0.15) is 19.3 Å². The summed E-state index contributed by atoms with van der Waals surface area (Å²) in [6, 6.07) is 2.47. The molecule has 0 radical (unpaired) electrons. The van der Waals surface area contributed by atoms with Gasteiger partial charge in [-0.25, -0.2) is 19.2 Å². The van der Waals surface area contributed by atoms with Gasteiger partial charge in [-0.1, -0.05) is 6.42 Å². The molecule has 0 bridgehead atoms. The minimum absolute atomic E-state index is 0.135. The molecule has 1 aliphatic heterocycles. The summed E-state index contributed by atoms with van der Waals surface area (Å²) in [6.45, 7) is 0.271. The average Bonchev–Trinajstić information content (AvgIpc) is 2.47. The molecule has 0 aliphatic carbocycles. The van der Waals surface area contributed by atoms with Crippen molar-refractivity contribution in [3.63, 3.8) is 0 Å². The predicted octanol–water partition coefficient (Wildman–Crippen LogP) is -0.0973. The van der Waals surface area contributed by atoms with Crippen LogP contribution in [0.4, 0.5) is 5.82 Å². The minimum Gasteiger partial charge on any atom is -0.395 e. The summed E-state index contributed by atoms with van der Waals surface area (Å²) in [5.74, 6) is 5.52. The third-order valence-corrected chi connectivity index (χ3v) is 5.22. The van der Waals surface area contributed by atoms with Crippen molar-refractivity contribution in [2.75, 3.05) is 18.6 Å². The number of aliphatic hydroxyl groups excluding tert-OH is 1. The lowest BCUT2D eigenvalue weighted by molar-refractivity contribution is 0.155. The van der Waals surface area contributed by atoms with E-state index in [9.17, 15) is 13.5 Å². The van der Waals surface area contributed by atoms with Gasteiger partial charge in [-0.05, 0) is 18.9 Å². The van der Waals surface area contributed by atoms with Crippen molar-refractivity contribution >= 4 is 15.8 Å². The molecule has 0 saturated carbocycles. The van der Waals surface area contributed by atoms with E-state index in [-0.39, 0.29) is 17.5 Å². The summed E-state index contributed by atoms with van der Waals surface area (Å²) >= 11 is 0. The second-order valence-electron chi connectivity index (χ2n) is 4.47. The Balaban J connectivity index is 2.34. The standard InChI is InChI=1S/C11H18N4O3S/c12-14-11-7-10(4-5-13-11)19(17,18)15-6-2-1-3-9(15)8-16/h4-5,7,9,16H,1-3,6,8,12H2,(H,13,14). The van der Waals surface area contributed by atoms with Crippen LogP contribution < -0.4 is 11.3 Å². The molecule has 1 saturated heterocycles. The fraction of sp³-hybridized carbons (Fsp3) is 0.545. The Morgan fingerprint density at radius 3 is 3.00 bits per heavy atom. The van der Waals surface area contributed by atoms with Gasteiger partial charge in [0.15, 0.2) is 0 Å². The Morgan fingerprint density at radius 2 is 2.32 bits per heavy atom. The minimum atomic E-state index is -3.62. The predicted molar refractivity (Wildman–Crippen MR) is 70.7 cm³/mol. The van der Waals surface area contributed by atoms with Crippen LogP contribution in [0, 0.1) is 0 Å². The molecule has 8 heteroatoms. The number of anilines is 1. The SMILES string of the molecule is NNc1cc(S(=O)(=O)N2CCCCC2CO)ccn1. The average molecular weight is 286 g/mol. The van der Waals surface area contributed by atoms with Crippen LogP contribution in [-0.4, -0.2) is 42.0 Å².